The van der Waals surface area contributed by atoms with Gasteiger partial charge in [0.05, 0.1) is 17.3 Å². The Hall–Kier alpha value is -1.56. The van der Waals surface area contributed by atoms with Gasteiger partial charge < -0.3 is 16.0 Å². The molecule has 1 unspecified atom stereocenters. The Kier molecular flexibility index (Phi) is 4.42. The zero-order valence-corrected chi connectivity index (χ0v) is 12.2. The topological polar surface area (TPSA) is 70.2 Å². The lowest BCUT2D eigenvalue weighted by molar-refractivity contribution is -0.123. The summed E-state index contributed by atoms with van der Waals surface area (Å²) in [5.41, 5.74) is 1.59. The fourth-order valence-electron chi connectivity index (χ4n) is 1.99. The van der Waals surface area contributed by atoms with Crippen LogP contribution in [-0.2, 0) is 9.59 Å². The molecule has 102 valence electrons. The van der Waals surface area contributed by atoms with Crippen LogP contribution in [0.3, 0.4) is 0 Å². The molecular formula is C13H16BrN3O2. The first-order valence-electron chi connectivity index (χ1n) is 6.21. The van der Waals surface area contributed by atoms with Gasteiger partial charge >= 0.3 is 0 Å². The summed E-state index contributed by atoms with van der Waals surface area (Å²) in [5, 5.41) is 8.73. The lowest BCUT2D eigenvalue weighted by Crippen LogP contribution is -2.25. The number of carbonyl (C=O) groups is 2. The van der Waals surface area contributed by atoms with Crippen molar-refractivity contribution < 1.29 is 9.59 Å². The van der Waals surface area contributed by atoms with Crippen molar-refractivity contribution in [1.82, 2.24) is 5.32 Å². The monoisotopic (exact) mass is 325 g/mol. The van der Waals surface area contributed by atoms with Gasteiger partial charge in [-0.15, -0.1) is 0 Å². The van der Waals surface area contributed by atoms with Crippen molar-refractivity contribution in [2.45, 2.75) is 13.3 Å². The molecule has 6 heteroatoms. The highest BCUT2D eigenvalue weighted by atomic mass is 79.9. The summed E-state index contributed by atoms with van der Waals surface area (Å²) in [5.74, 6) is -0.488. The first-order chi connectivity index (χ1) is 9.10. The number of halogens is 1. The van der Waals surface area contributed by atoms with Crippen molar-refractivity contribution in [2.75, 3.05) is 23.7 Å². The van der Waals surface area contributed by atoms with Crippen LogP contribution in [0.5, 0.6) is 0 Å². The molecule has 1 aromatic carbocycles. The predicted octanol–water partition coefficient (Wildman–Crippen LogP) is 1.96. The van der Waals surface area contributed by atoms with E-state index in [4.69, 9.17) is 0 Å². The Morgan fingerprint density at radius 3 is 2.89 bits per heavy atom. The van der Waals surface area contributed by atoms with Crippen molar-refractivity contribution >= 4 is 39.1 Å². The summed E-state index contributed by atoms with van der Waals surface area (Å²) in [6, 6.07) is 5.66. The van der Waals surface area contributed by atoms with E-state index in [9.17, 15) is 9.59 Å². The molecule has 3 N–H and O–H groups in total. The normalized spacial score (nSPS) is 18.0. The maximum absolute atomic E-state index is 12.1. The van der Waals surface area contributed by atoms with E-state index >= 15 is 0 Å². The summed E-state index contributed by atoms with van der Waals surface area (Å²) in [7, 11) is 0. The Labute approximate surface area is 120 Å². The second-order valence-corrected chi connectivity index (χ2v) is 5.33. The van der Waals surface area contributed by atoms with Gasteiger partial charge in [0, 0.05) is 24.0 Å². The van der Waals surface area contributed by atoms with E-state index in [1.54, 1.807) is 0 Å². The Bertz CT molecular complexity index is 505. The van der Waals surface area contributed by atoms with E-state index in [2.05, 4.69) is 31.9 Å². The standard InChI is InChI=1S/C13H16BrN3O2/c1-2-15-10-4-3-9(14)6-11(10)17-13(19)8-5-12(18)16-7-8/h3-4,6,8,15H,2,5,7H2,1H3,(H,16,18)(H,17,19). The molecule has 0 aromatic heterocycles. The maximum Gasteiger partial charge on any atom is 0.229 e. The number of hydrogen-bond donors (Lipinski definition) is 3. The second-order valence-electron chi connectivity index (χ2n) is 4.41. The highest BCUT2D eigenvalue weighted by Gasteiger charge is 2.28. The van der Waals surface area contributed by atoms with Gasteiger partial charge in [-0.3, -0.25) is 9.59 Å². The van der Waals surface area contributed by atoms with Gasteiger partial charge in [0.15, 0.2) is 0 Å². The van der Waals surface area contributed by atoms with Gasteiger partial charge in [-0.05, 0) is 25.1 Å². The largest absolute Gasteiger partial charge is 0.384 e. The molecule has 2 rings (SSSR count). The number of anilines is 2. The fraction of sp³-hybridized carbons (Fsp3) is 0.385. The number of hydrogen-bond acceptors (Lipinski definition) is 3. The Morgan fingerprint density at radius 1 is 1.47 bits per heavy atom. The summed E-state index contributed by atoms with van der Waals surface area (Å²) < 4.78 is 0.894. The number of rotatable bonds is 4. The minimum Gasteiger partial charge on any atom is -0.384 e. The van der Waals surface area contributed by atoms with Crippen LogP contribution in [0, 0.1) is 5.92 Å². The van der Waals surface area contributed by atoms with Gasteiger partial charge in [-0.25, -0.2) is 0 Å². The zero-order chi connectivity index (χ0) is 13.8. The third-order valence-corrected chi connectivity index (χ3v) is 3.45. The molecule has 1 aromatic rings. The van der Waals surface area contributed by atoms with Crippen LogP contribution < -0.4 is 16.0 Å². The highest BCUT2D eigenvalue weighted by Crippen LogP contribution is 2.27. The molecule has 1 fully saturated rings. The second kappa shape index (κ2) is 6.06. The van der Waals surface area contributed by atoms with Crippen LogP contribution in [0.1, 0.15) is 13.3 Å². The molecule has 1 heterocycles. The first-order valence-corrected chi connectivity index (χ1v) is 7.00. The zero-order valence-electron chi connectivity index (χ0n) is 10.6. The summed E-state index contributed by atoms with van der Waals surface area (Å²) in [4.78, 5) is 23.2. The number of nitrogens with one attached hydrogen (secondary N) is 3. The number of carbonyl (C=O) groups excluding carboxylic acids is 2. The lowest BCUT2D eigenvalue weighted by Gasteiger charge is -2.14. The molecule has 19 heavy (non-hydrogen) atoms. The van der Waals surface area contributed by atoms with Crippen LogP contribution >= 0.6 is 15.9 Å². The summed E-state index contributed by atoms with van der Waals surface area (Å²) in [6.45, 7) is 3.18. The molecule has 2 amide bonds. The van der Waals surface area contributed by atoms with Crippen molar-refractivity contribution in [1.29, 1.82) is 0 Å². The lowest BCUT2D eigenvalue weighted by atomic mass is 10.1. The molecule has 0 saturated carbocycles. The van der Waals surface area contributed by atoms with Crippen LogP contribution in [0.2, 0.25) is 0 Å². The Balaban J connectivity index is 2.11. The van der Waals surface area contributed by atoms with Crippen LogP contribution in [0.15, 0.2) is 22.7 Å². The van der Waals surface area contributed by atoms with E-state index in [0.29, 0.717) is 6.54 Å². The molecule has 0 radical (unpaired) electrons. The average molecular weight is 326 g/mol. The quantitative estimate of drug-likeness (QED) is 0.792. The van der Waals surface area contributed by atoms with E-state index in [1.165, 1.54) is 0 Å². The van der Waals surface area contributed by atoms with Crippen LogP contribution in [0.4, 0.5) is 11.4 Å². The summed E-state index contributed by atoms with van der Waals surface area (Å²) >= 11 is 3.38. The molecular weight excluding hydrogens is 310 g/mol. The summed E-state index contributed by atoms with van der Waals surface area (Å²) in [6.07, 6.45) is 0.260. The fourth-order valence-corrected chi connectivity index (χ4v) is 2.35. The number of amides is 2. The molecule has 5 nitrogen and oxygen atoms in total. The van der Waals surface area contributed by atoms with Crippen molar-refractivity contribution in [3.05, 3.63) is 22.7 Å². The van der Waals surface area contributed by atoms with Crippen molar-refractivity contribution in [2.24, 2.45) is 5.92 Å². The molecule has 1 aliphatic heterocycles. The maximum atomic E-state index is 12.1. The molecule has 1 aliphatic rings. The van der Waals surface area contributed by atoms with Crippen LogP contribution in [0.25, 0.3) is 0 Å². The molecule has 1 saturated heterocycles. The van der Waals surface area contributed by atoms with E-state index in [0.717, 1.165) is 22.4 Å². The number of benzene rings is 1. The van der Waals surface area contributed by atoms with Crippen LogP contribution in [-0.4, -0.2) is 24.9 Å². The predicted molar refractivity (Wildman–Crippen MR) is 78.1 cm³/mol. The van der Waals surface area contributed by atoms with Gasteiger partial charge in [-0.1, -0.05) is 15.9 Å². The first kappa shape index (κ1) is 13.9. The molecule has 1 atom stereocenters. The molecule has 0 aliphatic carbocycles. The molecule has 0 bridgehead atoms. The van der Waals surface area contributed by atoms with Gasteiger partial charge in [0.25, 0.3) is 0 Å². The third-order valence-electron chi connectivity index (χ3n) is 2.95. The molecule has 0 spiro atoms. The van der Waals surface area contributed by atoms with E-state index < -0.39 is 0 Å². The smallest absolute Gasteiger partial charge is 0.229 e. The SMILES string of the molecule is CCNc1ccc(Br)cc1NC(=O)C1CNC(=O)C1. The third kappa shape index (κ3) is 3.47. The highest BCUT2D eigenvalue weighted by molar-refractivity contribution is 9.10. The minimum absolute atomic E-state index is 0.0682. The van der Waals surface area contributed by atoms with Crippen molar-refractivity contribution in [3.8, 4) is 0 Å². The van der Waals surface area contributed by atoms with Gasteiger partial charge in [0.2, 0.25) is 11.8 Å². The van der Waals surface area contributed by atoms with E-state index in [-0.39, 0.29) is 24.2 Å². The van der Waals surface area contributed by atoms with Gasteiger partial charge in [-0.2, -0.15) is 0 Å². The average Bonchev–Trinajstić information content (AvgIpc) is 2.80. The van der Waals surface area contributed by atoms with E-state index in [1.807, 2.05) is 25.1 Å². The Morgan fingerprint density at radius 2 is 2.26 bits per heavy atom. The minimum atomic E-state index is -0.291. The van der Waals surface area contributed by atoms with Gasteiger partial charge in [0.1, 0.15) is 0 Å². The van der Waals surface area contributed by atoms with Crippen molar-refractivity contribution in [3.63, 3.8) is 0 Å².